The van der Waals surface area contributed by atoms with Gasteiger partial charge in [0.2, 0.25) is 5.91 Å². The molecular formula is C30H28N2O5. The number of fused-ring (bicyclic) bond motifs is 5. The zero-order valence-corrected chi connectivity index (χ0v) is 20.7. The van der Waals surface area contributed by atoms with Crippen LogP contribution in [0.5, 0.6) is 5.75 Å². The highest BCUT2D eigenvalue weighted by atomic mass is 16.5. The Morgan fingerprint density at radius 3 is 2.65 bits per heavy atom. The maximum atomic E-state index is 13.3. The lowest BCUT2D eigenvalue weighted by atomic mass is 9.83. The topological polar surface area (TPSA) is 81.8 Å². The average molecular weight is 497 g/mol. The molecule has 188 valence electrons. The van der Waals surface area contributed by atoms with Gasteiger partial charge in [0.25, 0.3) is 5.56 Å². The third kappa shape index (κ3) is 4.35. The monoisotopic (exact) mass is 496 g/mol. The number of ether oxygens (including phenoxy) is 1. The molecule has 0 radical (unpaired) electrons. The molecule has 37 heavy (non-hydrogen) atoms. The Morgan fingerprint density at radius 1 is 1.00 bits per heavy atom. The number of carbonyl (C=O) groups excluding carboxylic acids is 1. The maximum Gasteiger partial charge on any atom is 0.336 e. The van der Waals surface area contributed by atoms with Crippen LogP contribution in [0.3, 0.4) is 0 Å². The highest BCUT2D eigenvalue weighted by Gasteiger charge is 2.36. The zero-order chi connectivity index (χ0) is 25.5. The molecule has 7 nitrogen and oxygen atoms in total. The molecule has 2 bridgehead atoms. The predicted molar refractivity (Wildman–Crippen MR) is 141 cm³/mol. The van der Waals surface area contributed by atoms with Crippen LogP contribution in [0.25, 0.3) is 22.1 Å². The third-order valence-electron chi connectivity index (χ3n) is 7.67. The molecule has 1 amide bonds. The summed E-state index contributed by atoms with van der Waals surface area (Å²) in [6, 6.07) is 20.4. The van der Waals surface area contributed by atoms with Gasteiger partial charge in [-0.2, -0.15) is 0 Å². The van der Waals surface area contributed by atoms with Crippen LogP contribution in [0.4, 0.5) is 0 Å². The molecule has 1 saturated heterocycles. The predicted octanol–water partition coefficient (Wildman–Crippen LogP) is 4.21. The Hall–Kier alpha value is -4.13. The van der Waals surface area contributed by atoms with Crippen LogP contribution in [0.15, 0.2) is 80.7 Å². The minimum Gasteiger partial charge on any atom is -0.496 e. The summed E-state index contributed by atoms with van der Waals surface area (Å²) in [5, 5.41) is 0.809. The lowest BCUT2D eigenvalue weighted by molar-refractivity contribution is -0.133. The van der Waals surface area contributed by atoms with Crippen LogP contribution in [0.1, 0.15) is 30.0 Å². The minimum absolute atomic E-state index is 0.0427. The normalized spacial score (nSPS) is 18.5. The number of likely N-dealkylation sites (tertiary alicyclic amines) is 1. The van der Waals surface area contributed by atoms with E-state index in [1.165, 1.54) is 6.07 Å². The Bertz CT molecular complexity index is 1600. The van der Waals surface area contributed by atoms with E-state index in [1.807, 2.05) is 58.0 Å². The van der Waals surface area contributed by atoms with Gasteiger partial charge in [-0.15, -0.1) is 0 Å². The number of hydrogen-bond donors (Lipinski definition) is 0. The Labute approximate surface area is 213 Å². The van der Waals surface area contributed by atoms with Gasteiger partial charge in [0.15, 0.2) is 0 Å². The molecule has 0 saturated carbocycles. The Balaban J connectivity index is 1.25. The van der Waals surface area contributed by atoms with E-state index in [2.05, 4.69) is 0 Å². The summed E-state index contributed by atoms with van der Waals surface area (Å²) in [5.74, 6) is 1.18. The second-order valence-corrected chi connectivity index (χ2v) is 10.0. The summed E-state index contributed by atoms with van der Waals surface area (Å²) < 4.78 is 13.0. The first-order chi connectivity index (χ1) is 18.0. The molecule has 6 rings (SSSR count). The standard InChI is InChI=1S/C30H28N2O5/c1-36-26-15-27-24(23(14-30(35)37-27)20-6-3-2-4-7-20)13-21(26)10-11-28(33)31-16-19-12-22(18-31)25-8-5-9-29(34)32(25)17-19/h2-9,13-15,19,22H,10-12,16-18H2,1H3/t19-,22-/m1/s1. The zero-order valence-electron chi connectivity index (χ0n) is 20.7. The first-order valence-electron chi connectivity index (χ1n) is 12.7. The minimum atomic E-state index is -0.421. The van der Waals surface area contributed by atoms with Gasteiger partial charge < -0.3 is 18.6 Å². The number of carbonyl (C=O) groups is 1. The lowest BCUT2D eigenvalue weighted by Gasteiger charge is -2.42. The summed E-state index contributed by atoms with van der Waals surface area (Å²) in [5.41, 5.74) is 3.72. The van der Waals surface area contributed by atoms with Crippen molar-refractivity contribution in [1.82, 2.24) is 9.47 Å². The van der Waals surface area contributed by atoms with Crippen LogP contribution in [0.2, 0.25) is 0 Å². The largest absolute Gasteiger partial charge is 0.496 e. The van der Waals surface area contributed by atoms with Crippen molar-refractivity contribution < 1.29 is 13.9 Å². The van der Waals surface area contributed by atoms with Gasteiger partial charge in [0, 0.05) is 61.3 Å². The van der Waals surface area contributed by atoms with Gasteiger partial charge in [-0.3, -0.25) is 9.59 Å². The SMILES string of the molecule is COc1cc2oc(=O)cc(-c3ccccc3)c2cc1CCC(=O)N1C[C@H]2C[C@H](C1)c1cccc(=O)n1C2. The fourth-order valence-corrected chi connectivity index (χ4v) is 5.98. The summed E-state index contributed by atoms with van der Waals surface area (Å²) in [7, 11) is 1.58. The summed E-state index contributed by atoms with van der Waals surface area (Å²) in [6.45, 7) is 1.98. The van der Waals surface area contributed by atoms with Gasteiger partial charge >= 0.3 is 5.63 Å². The molecule has 0 unspecified atom stereocenters. The highest BCUT2D eigenvalue weighted by Crippen LogP contribution is 2.36. The molecule has 7 heteroatoms. The average Bonchev–Trinajstić information content (AvgIpc) is 2.91. The molecule has 2 aromatic heterocycles. The second-order valence-electron chi connectivity index (χ2n) is 10.0. The quantitative estimate of drug-likeness (QED) is 0.387. The number of rotatable bonds is 5. The van der Waals surface area contributed by atoms with E-state index in [0.717, 1.165) is 34.2 Å². The fraction of sp³-hybridized carbons (Fsp3) is 0.300. The van der Waals surface area contributed by atoms with E-state index in [0.29, 0.717) is 49.7 Å². The molecule has 2 aromatic carbocycles. The van der Waals surface area contributed by atoms with Crippen LogP contribution < -0.4 is 15.9 Å². The van der Waals surface area contributed by atoms with Gasteiger partial charge in [-0.25, -0.2) is 4.79 Å². The smallest absolute Gasteiger partial charge is 0.336 e. The van der Waals surface area contributed by atoms with Gasteiger partial charge in [-0.1, -0.05) is 36.4 Å². The summed E-state index contributed by atoms with van der Waals surface area (Å²) >= 11 is 0. The van der Waals surface area contributed by atoms with Crippen molar-refractivity contribution in [3.8, 4) is 16.9 Å². The molecular weight excluding hydrogens is 468 g/mol. The molecule has 1 fully saturated rings. The number of pyridine rings is 1. The molecule has 0 N–H and O–H groups in total. The third-order valence-corrected chi connectivity index (χ3v) is 7.67. The number of methoxy groups -OCH3 is 1. The van der Waals surface area contributed by atoms with Gasteiger partial charge in [0.05, 0.1) is 7.11 Å². The van der Waals surface area contributed by atoms with E-state index in [4.69, 9.17) is 9.15 Å². The fourth-order valence-electron chi connectivity index (χ4n) is 5.98. The van der Waals surface area contributed by atoms with Crippen molar-refractivity contribution in [2.24, 2.45) is 5.92 Å². The summed E-state index contributed by atoms with van der Waals surface area (Å²) in [6.07, 6.45) is 1.87. The van der Waals surface area contributed by atoms with Crippen molar-refractivity contribution in [3.05, 3.63) is 98.8 Å². The first kappa shape index (κ1) is 23.3. The van der Waals surface area contributed by atoms with Crippen LogP contribution in [-0.4, -0.2) is 35.6 Å². The van der Waals surface area contributed by atoms with Crippen LogP contribution >= 0.6 is 0 Å². The van der Waals surface area contributed by atoms with Gasteiger partial charge in [-0.05, 0) is 47.6 Å². The van der Waals surface area contributed by atoms with E-state index in [-0.39, 0.29) is 17.4 Å². The van der Waals surface area contributed by atoms with Crippen molar-refractivity contribution in [2.45, 2.75) is 31.7 Å². The second kappa shape index (κ2) is 9.39. The van der Waals surface area contributed by atoms with Crippen molar-refractivity contribution >= 4 is 16.9 Å². The summed E-state index contributed by atoms with van der Waals surface area (Å²) in [4.78, 5) is 39.9. The Morgan fingerprint density at radius 2 is 1.84 bits per heavy atom. The number of piperidine rings is 1. The van der Waals surface area contributed by atoms with E-state index >= 15 is 0 Å². The van der Waals surface area contributed by atoms with Crippen LogP contribution in [0, 0.1) is 5.92 Å². The molecule has 2 aliphatic rings. The molecule has 0 spiro atoms. The number of nitrogens with zero attached hydrogens (tertiary/aromatic N) is 2. The number of benzene rings is 2. The van der Waals surface area contributed by atoms with Crippen LogP contribution in [-0.2, 0) is 17.8 Å². The van der Waals surface area contributed by atoms with Crippen molar-refractivity contribution in [1.29, 1.82) is 0 Å². The number of aromatic nitrogens is 1. The lowest BCUT2D eigenvalue weighted by Crippen LogP contribution is -2.49. The van der Waals surface area contributed by atoms with E-state index < -0.39 is 5.63 Å². The van der Waals surface area contributed by atoms with E-state index in [9.17, 15) is 14.4 Å². The molecule has 2 atom stereocenters. The number of aryl methyl sites for hydroxylation is 1. The Kier molecular flexibility index (Phi) is 5.91. The van der Waals surface area contributed by atoms with E-state index in [1.54, 1.807) is 19.2 Å². The molecule has 2 aliphatic heterocycles. The van der Waals surface area contributed by atoms with Gasteiger partial charge in [0.1, 0.15) is 11.3 Å². The maximum absolute atomic E-state index is 13.3. The number of amides is 1. The molecule has 4 aromatic rings. The molecule has 4 heterocycles. The first-order valence-corrected chi connectivity index (χ1v) is 12.7. The number of hydrogen-bond acceptors (Lipinski definition) is 5. The van der Waals surface area contributed by atoms with Crippen molar-refractivity contribution in [3.63, 3.8) is 0 Å². The van der Waals surface area contributed by atoms with Crippen molar-refractivity contribution in [2.75, 3.05) is 20.2 Å². The highest BCUT2D eigenvalue weighted by molar-refractivity contribution is 5.94. The molecule has 0 aliphatic carbocycles.